The molecule has 0 nitrogen and oxygen atoms in total. The minimum atomic E-state index is 0. The average Bonchev–Trinajstić information content (AvgIpc) is 0.811. The standard InChI is InChI=1S/C4H9.Cu/c1-4(2)3;/h1-3H3;. The molecule has 1 heteroatoms. The summed E-state index contributed by atoms with van der Waals surface area (Å²) in [7, 11) is 0. The molecule has 0 saturated heterocycles. The number of hydrogen-bond donors (Lipinski definition) is 0. The molecule has 0 aliphatic rings. The first-order valence-electron chi connectivity index (χ1n) is 1.50. The van der Waals surface area contributed by atoms with Gasteiger partial charge in [-0.1, -0.05) is 20.8 Å². The van der Waals surface area contributed by atoms with Gasteiger partial charge in [-0.2, -0.15) is 0 Å². The topological polar surface area (TPSA) is 0 Å². The second-order valence-electron chi connectivity index (χ2n) is 1.50. The summed E-state index contributed by atoms with van der Waals surface area (Å²) in [6.45, 7) is 6.25. The molecular formula is C4H9Cu. The van der Waals surface area contributed by atoms with Crippen molar-refractivity contribution in [2.45, 2.75) is 20.8 Å². The molecule has 0 amide bonds. The van der Waals surface area contributed by atoms with Crippen molar-refractivity contribution in [2.24, 2.45) is 0 Å². The van der Waals surface area contributed by atoms with Gasteiger partial charge in [-0.15, -0.1) is 0 Å². The van der Waals surface area contributed by atoms with E-state index in [4.69, 9.17) is 0 Å². The Morgan fingerprint density at radius 2 is 1.00 bits per heavy atom. The van der Waals surface area contributed by atoms with Crippen LogP contribution in [0.2, 0.25) is 0 Å². The van der Waals surface area contributed by atoms with Crippen LogP contribution >= 0.6 is 0 Å². The molecule has 0 fully saturated rings. The molecule has 0 N–H and O–H groups in total. The molecule has 5 heavy (non-hydrogen) atoms. The summed E-state index contributed by atoms with van der Waals surface area (Å²) in [5, 5.41) is 0. The molecule has 36 valence electrons. The monoisotopic (exact) mass is 120 g/mol. The van der Waals surface area contributed by atoms with E-state index in [0.717, 1.165) is 0 Å². The SMILES string of the molecule is C[C](C)C.[Cu]. The van der Waals surface area contributed by atoms with E-state index in [1.54, 1.807) is 0 Å². The third kappa shape index (κ3) is 106. The summed E-state index contributed by atoms with van der Waals surface area (Å²) >= 11 is 0. The van der Waals surface area contributed by atoms with Gasteiger partial charge in [-0.3, -0.25) is 0 Å². The fourth-order valence-corrected chi connectivity index (χ4v) is 0. The van der Waals surface area contributed by atoms with Crippen LogP contribution in [0, 0.1) is 5.92 Å². The number of rotatable bonds is 0. The molecule has 0 bridgehead atoms. The van der Waals surface area contributed by atoms with Gasteiger partial charge in [0.15, 0.2) is 0 Å². The Kier molecular flexibility index (Phi) is 8.23. The maximum atomic E-state index is 2.08. The van der Waals surface area contributed by atoms with Gasteiger partial charge in [0.1, 0.15) is 0 Å². The summed E-state index contributed by atoms with van der Waals surface area (Å²) in [6, 6.07) is 0. The van der Waals surface area contributed by atoms with Crippen LogP contribution in [0.5, 0.6) is 0 Å². The van der Waals surface area contributed by atoms with Crippen molar-refractivity contribution in [3.05, 3.63) is 5.92 Å². The molecule has 0 aromatic carbocycles. The molecule has 0 rings (SSSR count). The summed E-state index contributed by atoms with van der Waals surface area (Å²) in [5.41, 5.74) is 0. The Balaban J connectivity index is 0. The fourth-order valence-electron chi connectivity index (χ4n) is 0. The van der Waals surface area contributed by atoms with Crippen LogP contribution in [0.3, 0.4) is 0 Å². The fraction of sp³-hybridized carbons (Fsp3) is 0.750. The van der Waals surface area contributed by atoms with Gasteiger partial charge in [-0.05, 0) is 5.92 Å². The van der Waals surface area contributed by atoms with Crippen molar-refractivity contribution in [1.29, 1.82) is 0 Å². The van der Waals surface area contributed by atoms with Crippen molar-refractivity contribution < 1.29 is 17.1 Å². The minimum absolute atomic E-state index is 0. The molecule has 0 unspecified atom stereocenters. The van der Waals surface area contributed by atoms with Crippen LogP contribution in [-0.4, -0.2) is 0 Å². The predicted molar refractivity (Wildman–Crippen MR) is 20.3 cm³/mol. The van der Waals surface area contributed by atoms with Gasteiger partial charge in [0.05, 0.1) is 0 Å². The van der Waals surface area contributed by atoms with Crippen LogP contribution in [0.25, 0.3) is 0 Å². The first-order chi connectivity index (χ1) is 1.73. The Morgan fingerprint density at radius 1 is 1.00 bits per heavy atom. The van der Waals surface area contributed by atoms with Crippen molar-refractivity contribution in [2.75, 3.05) is 0 Å². The van der Waals surface area contributed by atoms with Crippen LogP contribution in [-0.2, 0) is 17.1 Å². The summed E-state index contributed by atoms with van der Waals surface area (Å²) in [6.07, 6.45) is 0. The van der Waals surface area contributed by atoms with Crippen molar-refractivity contribution >= 4 is 0 Å². The van der Waals surface area contributed by atoms with Crippen molar-refractivity contribution in [3.8, 4) is 0 Å². The van der Waals surface area contributed by atoms with E-state index in [2.05, 4.69) is 20.8 Å². The van der Waals surface area contributed by atoms with Crippen LogP contribution in [0.4, 0.5) is 0 Å². The summed E-state index contributed by atoms with van der Waals surface area (Å²) in [5.74, 6) is 1.42. The van der Waals surface area contributed by atoms with Gasteiger partial charge < -0.3 is 0 Å². The van der Waals surface area contributed by atoms with E-state index >= 15 is 0 Å². The molecule has 0 aromatic heterocycles. The summed E-state index contributed by atoms with van der Waals surface area (Å²) in [4.78, 5) is 0. The Hall–Kier alpha value is 0.519. The third-order valence-corrected chi connectivity index (χ3v) is 0. The average molecular weight is 121 g/mol. The van der Waals surface area contributed by atoms with Gasteiger partial charge in [0.2, 0.25) is 0 Å². The molecule has 2 radical (unpaired) electrons. The minimum Gasteiger partial charge on any atom is -0.0597 e. The van der Waals surface area contributed by atoms with E-state index < -0.39 is 0 Å². The zero-order valence-electron chi connectivity index (χ0n) is 3.80. The molecule has 0 saturated carbocycles. The smallest absolute Gasteiger partial charge is 0 e. The van der Waals surface area contributed by atoms with Gasteiger partial charge in [0.25, 0.3) is 0 Å². The second kappa shape index (κ2) is 4.52. The molecule has 0 heterocycles. The first-order valence-corrected chi connectivity index (χ1v) is 1.50. The quantitative estimate of drug-likeness (QED) is 0.427. The first kappa shape index (κ1) is 9.10. The van der Waals surface area contributed by atoms with E-state index in [-0.39, 0.29) is 17.1 Å². The Labute approximate surface area is 44.4 Å². The Morgan fingerprint density at radius 3 is 1.00 bits per heavy atom. The maximum Gasteiger partial charge on any atom is 0 e. The normalized spacial score (nSPS) is 7.20. The summed E-state index contributed by atoms with van der Waals surface area (Å²) < 4.78 is 0. The molecule has 0 atom stereocenters. The zero-order valence-corrected chi connectivity index (χ0v) is 4.74. The van der Waals surface area contributed by atoms with E-state index in [1.807, 2.05) is 0 Å². The van der Waals surface area contributed by atoms with Crippen molar-refractivity contribution in [3.63, 3.8) is 0 Å². The van der Waals surface area contributed by atoms with E-state index in [9.17, 15) is 0 Å². The van der Waals surface area contributed by atoms with Gasteiger partial charge >= 0.3 is 0 Å². The third-order valence-electron chi connectivity index (χ3n) is 0. The van der Waals surface area contributed by atoms with Crippen LogP contribution in [0.1, 0.15) is 20.8 Å². The predicted octanol–water partition coefficient (Wildman–Crippen LogP) is 1.62. The second-order valence-corrected chi connectivity index (χ2v) is 1.50. The van der Waals surface area contributed by atoms with E-state index in [1.165, 1.54) is 5.92 Å². The molecule has 0 aromatic rings. The van der Waals surface area contributed by atoms with Gasteiger partial charge in [0, 0.05) is 17.1 Å². The molecule has 0 aliphatic heterocycles. The van der Waals surface area contributed by atoms with Crippen LogP contribution in [0.15, 0.2) is 0 Å². The zero-order chi connectivity index (χ0) is 3.58. The van der Waals surface area contributed by atoms with Gasteiger partial charge in [-0.25, -0.2) is 0 Å². The maximum absolute atomic E-state index is 2.08. The van der Waals surface area contributed by atoms with Crippen molar-refractivity contribution in [1.82, 2.24) is 0 Å². The molecule has 0 spiro atoms. The van der Waals surface area contributed by atoms with E-state index in [0.29, 0.717) is 0 Å². The molecular weight excluding hydrogens is 112 g/mol. The van der Waals surface area contributed by atoms with Crippen LogP contribution < -0.4 is 0 Å². The molecule has 0 aliphatic carbocycles. The largest absolute Gasteiger partial charge is 0.0597 e. The number of hydrogen-bond acceptors (Lipinski definition) is 0. The Bertz CT molecular complexity index is 8.36.